The average Bonchev–Trinajstić information content (AvgIpc) is 3.32. The zero-order chi connectivity index (χ0) is 19.8. The summed E-state index contributed by atoms with van der Waals surface area (Å²) in [6, 6.07) is 20.4. The van der Waals surface area contributed by atoms with Gasteiger partial charge in [-0.2, -0.15) is 0 Å². The van der Waals surface area contributed by atoms with Gasteiger partial charge in [-0.1, -0.05) is 48.0 Å². The molecule has 1 amide bonds. The Morgan fingerprint density at radius 1 is 1.14 bits per heavy atom. The molecule has 0 fully saturated rings. The van der Waals surface area contributed by atoms with Crippen LogP contribution in [0, 0.1) is 0 Å². The number of rotatable bonds is 4. The summed E-state index contributed by atoms with van der Waals surface area (Å²) in [5.41, 5.74) is 5.53. The maximum absolute atomic E-state index is 13.3. The van der Waals surface area contributed by atoms with E-state index in [0.29, 0.717) is 12.2 Å². The number of aryl methyl sites for hydroxylation is 1. The van der Waals surface area contributed by atoms with E-state index in [-0.39, 0.29) is 11.9 Å². The number of hydrogen-bond donors (Lipinski definition) is 1. The third-order valence-electron chi connectivity index (χ3n) is 5.68. The molecule has 1 atom stereocenters. The molecular weight excluding hydrogens is 400 g/mol. The molecule has 2 aromatic carbocycles. The van der Waals surface area contributed by atoms with Crippen molar-refractivity contribution in [1.82, 2.24) is 9.88 Å². The van der Waals surface area contributed by atoms with Crippen LogP contribution in [0.2, 0.25) is 5.02 Å². The molecule has 0 bridgehead atoms. The molecule has 29 heavy (non-hydrogen) atoms. The Hall–Kier alpha value is -2.56. The molecule has 3 nitrogen and oxygen atoms in total. The maximum Gasteiger partial charge on any atom is 0.268 e. The number of nitrogens with one attached hydrogen (secondary N) is 1. The van der Waals surface area contributed by atoms with Gasteiger partial charge in [0.15, 0.2) is 0 Å². The third-order valence-corrected chi connectivity index (χ3v) is 6.79. The summed E-state index contributed by atoms with van der Waals surface area (Å²) in [6.07, 6.45) is 3.17. The number of halogens is 1. The summed E-state index contributed by atoms with van der Waals surface area (Å²) in [7, 11) is 0. The third kappa shape index (κ3) is 3.59. The summed E-state index contributed by atoms with van der Waals surface area (Å²) in [6.45, 7) is 0.640. The Kier molecular flexibility index (Phi) is 4.90. The second-order valence-corrected chi connectivity index (χ2v) is 8.91. The Morgan fingerprint density at radius 3 is 2.83 bits per heavy atom. The van der Waals surface area contributed by atoms with Crippen molar-refractivity contribution in [3.05, 3.63) is 93.5 Å². The van der Waals surface area contributed by atoms with Crippen LogP contribution in [-0.2, 0) is 13.0 Å². The minimum atomic E-state index is -0.0101. The molecule has 0 radical (unpaired) electrons. The molecule has 2 heterocycles. The summed E-state index contributed by atoms with van der Waals surface area (Å²) in [5, 5.41) is 6.09. The molecule has 1 aliphatic rings. The summed E-state index contributed by atoms with van der Waals surface area (Å²) in [5.74, 6) is -0.0101. The first-order valence-corrected chi connectivity index (χ1v) is 11.1. The number of hydrogen-bond acceptors (Lipinski definition) is 2. The van der Waals surface area contributed by atoms with Crippen LogP contribution in [0.5, 0.6) is 0 Å². The zero-order valence-corrected chi connectivity index (χ0v) is 17.5. The smallest absolute Gasteiger partial charge is 0.268 e. The fourth-order valence-electron chi connectivity index (χ4n) is 4.24. The Balaban J connectivity index is 1.46. The molecule has 4 aromatic rings. The molecule has 0 spiro atoms. The quantitative estimate of drug-likeness (QED) is 0.418. The fraction of sp³-hybridized carbons (Fsp3) is 0.208. The van der Waals surface area contributed by atoms with Crippen LogP contribution in [0.15, 0.2) is 66.0 Å². The second-order valence-electron chi connectivity index (χ2n) is 7.53. The number of aromatic nitrogens is 1. The first-order chi connectivity index (χ1) is 14.2. The molecule has 1 aliphatic carbocycles. The Morgan fingerprint density at radius 2 is 1.97 bits per heavy atom. The highest BCUT2D eigenvalue weighted by Crippen LogP contribution is 2.31. The maximum atomic E-state index is 13.3. The van der Waals surface area contributed by atoms with Gasteiger partial charge in [0.05, 0.1) is 16.3 Å². The van der Waals surface area contributed by atoms with Gasteiger partial charge >= 0.3 is 0 Å². The van der Waals surface area contributed by atoms with Crippen molar-refractivity contribution in [3.63, 3.8) is 0 Å². The van der Waals surface area contributed by atoms with E-state index in [1.807, 2.05) is 30.3 Å². The van der Waals surface area contributed by atoms with E-state index in [0.717, 1.165) is 40.1 Å². The molecule has 0 unspecified atom stereocenters. The van der Waals surface area contributed by atoms with E-state index in [1.165, 1.54) is 11.1 Å². The van der Waals surface area contributed by atoms with Gasteiger partial charge in [0.1, 0.15) is 5.69 Å². The average molecular weight is 421 g/mol. The largest absolute Gasteiger partial charge is 0.344 e. The molecule has 146 valence electrons. The van der Waals surface area contributed by atoms with Crippen LogP contribution >= 0.6 is 22.9 Å². The van der Waals surface area contributed by atoms with Crippen LogP contribution < -0.4 is 5.32 Å². The van der Waals surface area contributed by atoms with E-state index in [9.17, 15) is 4.79 Å². The molecule has 0 saturated carbocycles. The van der Waals surface area contributed by atoms with Gasteiger partial charge < -0.3 is 9.88 Å². The van der Waals surface area contributed by atoms with Crippen LogP contribution in [0.1, 0.15) is 46.1 Å². The molecule has 1 N–H and O–H groups in total. The van der Waals surface area contributed by atoms with Gasteiger partial charge in [-0.05, 0) is 65.6 Å². The summed E-state index contributed by atoms with van der Waals surface area (Å²) in [4.78, 5) is 13.3. The van der Waals surface area contributed by atoms with Gasteiger partial charge in [0.25, 0.3) is 5.91 Å². The van der Waals surface area contributed by atoms with E-state index < -0.39 is 0 Å². The molecule has 0 aliphatic heterocycles. The summed E-state index contributed by atoms with van der Waals surface area (Å²) < 4.78 is 3.24. The fourth-order valence-corrected chi connectivity index (χ4v) is 5.19. The van der Waals surface area contributed by atoms with Gasteiger partial charge in [0, 0.05) is 11.6 Å². The highest BCUT2D eigenvalue weighted by atomic mass is 35.5. The van der Waals surface area contributed by atoms with Crippen LogP contribution in [0.3, 0.4) is 0 Å². The zero-order valence-electron chi connectivity index (χ0n) is 15.9. The number of nitrogens with zero attached hydrogens (tertiary/aromatic N) is 1. The minimum Gasteiger partial charge on any atom is -0.344 e. The highest BCUT2D eigenvalue weighted by molar-refractivity contribution is 7.17. The molecule has 5 heteroatoms. The van der Waals surface area contributed by atoms with Crippen LogP contribution in [0.4, 0.5) is 0 Å². The number of thiophene rings is 1. The molecule has 5 rings (SSSR count). The topological polar surface area (TPSA) is 34.0 Å². The normalized spacial score (nSPS) is 16.0. The van der Waals surface area contributed by atoms with Crippen molar-refractivity contribution in [2.45, 2.75) is 31.8 Å². The SMILES string of the molecule is O=C(N[C@@H]1CCCc2ccccc21)c1cc2sccc2n1Cc1ccc(Cl)cc1. The number of carbonyl (C=O) groups is 1. The lowest BCUT2D eigenvalue weighted by Gasteiger charge is -2.26. The van der Waals surface area contributed by atoms with E-state index >= 15 is 0 Å². The molecular formula is C24H21ClN2OS. The number of carbonyl (C=O) groups excluding carboxylic acids is 1. The predicted molar refractivity (Wildman–Crippen MR) is 120 cm³/mol. The van der Waals surface area contributed by atoms with Crippen molar-refractivity contribution < 1.29 is 4.79 Å². The standard InChI is InChI=1S/C24H21ClN2OS/c25-18-10-8-16(9-11-18)15-27-21-12-13-29-23(21)14-22(27)24(28)26-20-7-3-5-17-4-1-2-6-19(17)20/h1-2,4,6,8-14,20H,3,5,7,15H2,(H,26,28)/t20-/m1/s1. The van der Waals surface area contributed by atoms with E-state index in [4.69, 9.17) is 11.6 Å². The van der Waals surface area contributed by atoms with E-state index in [1.54, 1.807) is 11.3 Å². The first-order valence-electron chi connectivity index (χ1n) is 9.89. The van der Waals surface area contributed by atoms with Gasteiger partial charge in [-0.3, -0.25) is 4.79 Å². The Bertz CT molecular complexity index is 1180. The van der Waals surface area contributed by atoms with Crippen LogP contribution in [-0.4, -0.2) is 10.5 Å². The Labute approximate surface area is 178 Å². The highest BCUT2D eigenvalue weighted by Gasteiger charge is 2.24. The van der Waals surface area contributed by atoms with Crippen molar-refractivity contribution in [3.8, 4) is 0 Å². The summed E-state index contributed by atoms with van der Waals surface area (Å²) >= 11 is 7.70. The minimum absolute atomic E-state index is 0.0101. The number of fused-ring (bicyclic) bond motifs is 2. The first kappa shape index (κ1) is 18.5. The van der Waals surface area contributed by atoms with Crippen molar-refractivity contribution in [2.24, 2.45) is 0 Å². The van der Waals surface area contributed by atoms with Crippen molar-refractivity contribution >= 4 is 39.1 Å². The second kappa shape index (κ2) is 7.69. The van der Waals surface area contributed by atoms with Gasteiger partial charge in [0.2, 0.25) is 0 Å². The molecule has 2 aromatic heterocycles. The monoisotopic (exact) mass is 420 g/mol. The number of benzene rings is 2. The van der Waals surface area contributed by atoms with Crippen molar-refractivity contribution in [2.75, 3.05) is 0 Å². The lowest BCUT2D eigenvalue weighted by molar-refractivity contribution is 0.0924. The van der Waals surface area contributed by atoms with Crippen molar-refractivity contribution in [1.29, 1.82) is 0 Å². The van der Waals surface area contributed by atoms with E-state index in [2.05, 4.69) is 45.6 Å². The van der Waals surface area contributed by atoms with Gasteiger partial charge in [-0.25, -0.2) is 0 Å². The lowest BCUT2D eigenvalue weighted by Crippen LogP contribution is -2.32. The van der Waals surface area contributed by atoms with Gasteiger partial charge in [-0.15, -0.1) is 11.3 Å². The number of amides is 1. The molecule has 0 saturated heterocycles. The van der Waals surface area contributed by atoms with Crippen LogP contribution in [0.25, 0.3) is 10.2 Å². The lowest BCUT2D eigenvalue weighted by atomic mass is 9.87. The predicted octanol–water partition coefficient (Wildman–Crippen LogP) is 6.21.